The highest BCUT2D eigenvalue weighted by Crippen LogP contribution is 2.21. The van der Waals surface area contributed by atoms with Gasteiger partial charge in [0.2, 0.25) is 0 Å². The lowest BCUT2D eigenvalue weighted by atomic mass is 10.2. The second-order valence-electron chi connectivity index (χ2n) is 4.90. The normalized spacial score (nSPS) is 10.5. The monoisotopic (exact) mass is 286 g/mol. The summed E-state index contributed by atoms with van der Waals surface area (Å²) in [6.07, 6.45) is 2.87. The van der Waals surface area contributed by atoms with Gasteiger partial charge in [0, 0.05) is 13.2 Å². The molecule has 0 aliphatic rings. The van der Waals surface area contributed by atoms with Gasteiger partial charge in [0.05, 0.1) is 6.61 Å². The third-order valence-electron chi connectivity index (χ3n) is 3.12. The van der Waals surface area contributed by atoms with Crippen molar-refractivity contribution < 1.29 is 14.6 Å². The molecule has 1 N–H and O–H groups in total. The zero-order valence-corrected chi connectivity index (χ0v) is 12.2. The van der Waals surface area contributed by atoms with Crippen LogP contribution >= 0.6 is 0 Å². The van der Waals surface area contributed by atoms with Gasteiger partial charge in [-0.1, -0.05) is 30.3 Å². The van der Waals surface area contributed by atoms with Crippen molar-refractivity contribution in [2.24, 2.45) is 0 Å². The van der Waals surface area contributed by atoms with Crippen LogP contribution in [0.1, 0.15) is 24.8 Å². The number of hydrogen-bond donors (Lipinski definition) is 1. The molecule has 112 valence electrons. The third-order valence-corrected chi connectivity index (χ3v) is 3.12. The van der Waals surface area contributed by atoms with Crippen molar-refractivity contribution >= 4 is 0 Å². The van der Waals surface area contributed by atoms with Gasteiger partial charge >= 0.3 is 0 Å². The third kappa shape index (κ3) is 5.98. The number of unbranched alkanes of at least 4 members (excludes halogenated alkanes) is 2. The fourth-order valence-electron chi connectivity index (χ4n) is 1.96. The summed E-state index contributed by atoms with van der Waals surface area (Å²) in [6, 6.07) is 17.7. The molecule has 0 radical (unpaired) electrons. The Balaban J connectivity index is 1.72. The highest BCUT2D eigenvalue weighted by molar-refractivity contribution is 5.32. The Morgan fingerprint density at radius 2 is 1.48 bits per heavy atom. The Morgan fingerprint density at radius 1 is 0.762 bits per heavy atom. The van der Waals surface area contributed by atoms with E-state index < -0.39 is 0 Å². The summed E-state index contributed by atoms with van der Waals surface area (Å²) in [5.74, 6) is 1.67. The van der Waals surface area contributed by atoms with Crippen molar-refractivity contribution in [3.63, 3.8) is 0 Å². The van der Waals surface area contributed by atoms with E-state index in [0.717, 1.165) is 42.9 Å². The Labute approximate surface area is 126 Å². The van der Waals surface area contributed by atoms with Crippen LogP contribution in [0.25, 0.3) is 0 Å². The van der Waals surface area contributed by atoms with E-state index in [4.69, 9.17) is 14.6 Å². The first-order valence-electron chi connectivity index (χ1n) is 7.39. The van der Waals surface area contributed by atoms with E-state index in [2.05, 4.69) is 0 Å². The van der Waals surface area contributed by atoms with Gasteiger partial charge in [-0.3, -0.25) is 0 Å². The molecule has 3 heteroatoms. The summed E-state index contributed by atoms with van der Waals surface area (Å²) < 4.78 is 11.3. The number of ether oxygens (including phenoxy) is 2. The summed E-state index contributed by atoms with van der Waals surface area (Å²) in [5, 5.41) is 8.68. The van der Waals surface area contributed by atoms with Crippen LogP contribution in [0.2, 0.25) is 0 Å². The Kier molecular flexibility index (Phi) is 6.78. The Hall–Kier alpha value is -1.84. The fourth-order valence-corrected chi connectivity index (χ4v) is 1.96. The number of hydrogen-bond acceptors (Lipinski definition) is 3. The topological polar surface area (TPSA) is 38.7 Å². The van der Waals surface area contributed by atoms with Crippen LogP contribution in [0.5, 0.6) is 11.5 Å². The molecule has 0 unspecified atom stereocenters. The number of benzene rings is 2. The second-order valence-corrected chi connectivity index (χ2v) is 4.90. The van der Waals surface area contributed by atoms with Crippen LogP contribution in [0, 0.1) is 0 Å². The van der Waals surface area contributed by atoms with Gasteiger partial charge in [0.25, 0.3) is 0 Å². The molecule has 0 fully saturated rings. The molecule has 0 atom stereocenters. The largest absolute Gasteiger partial charge is 0.457 e. The highest BCUT2D eigenvalue weighted by Gasteiger charge is 1.98. The maximum absolute atomic E-state index is 8.68. The van der Waals surface area contributed by atoms with Crippen LogP contribution in [0.3, 0.4) is 0 Å². The molecule has 0 aliphatic carbocycles. The Morgan fingerprint density at radius 3 is 2.19 bits per heavy atom. The fraction of sp³-hybridized carbons (Fsp3) is 0.333. The lowest BCUT2D eigenvalue weighted by Gasteiger charge is -2.07. The van der Waals surface area contributed by atoms with Gasteiger partial charge in [0.15, 0.2) is 0 Å². The van der Waals surface area contributed by atoms with E-state index >= 15 is 0 Å². The van der Waals surface area contributed by atoms with Crippen molar-refractivity contribution in [1.82, 2.24) is 0 Å². The quantitative estimate of drug-likeness (QED) is 0.703. The van der Waals surface area contributed by atoms with Gasteiger partial charge in [0.1, 0.15) is 11.5 Å². The molecular weight excluding hydrogens is 264 g/mol. The Bertz CT molecular complexity index is 494. The van der Waals surface area contributed by atoms with Gasteiger partial charge in [-0.2, -0.15) is 0 Å². The standard InChI is InChI=1S/C18H22O3/c19-13-5-2-6-14-20-15-16-9-11-18(12-10-16)21-17-7-3-1-4-8-17/h1,3-4,7-12,19H,2,5-6,13-15H2. The molecule has 0 bridgehead atoms. The summed E-state index contributed by atoms with van der Waals surface area (Å²) in [7, 11) is 0. The highest BCUT2D eigenvalue weighted by atomic mass is 16.5. The first-order valence-corrected chi connectivity index (χ1v) is 7.39. The van der Waals surface area contributed by atoms with E-state index in [1.165, 1.54) is 0 Å². The number of rotatable bonds is 9. The summed E-state index contributed by atoms with van der Waals surface area (Å²) in [6.45, 7) is 1.62. The maximum atomic E-state index is 8.68. The van der Waals surface area contributed by atoms with Crippen LogP contribution < -0.4 is 4.74 Å². The van der Waals surface area contributed by atoms with E-state index in [1.54, 1.807) is 0 Å². The van der Waals surface area contributed by atoms with Crippen LogP contribution in [0.4, 0.5) is 0 Å². The van der Waals surface area contributed by atoms with Crippen LogP contribution in [-0.2, 0) is 11.3 Å². The lowest BCUT2D eigenvalue weighted by Crippen LogP contribution is -1.96. The van der Waals surface area contributed by atoms with Gasteiger partial charge in [-0.25, -0.2) is 0 Å². The predicted molar refractivity (Wildman–Crippen MR) is 83.6 cm³/mol. The van der Waals surface area contributed by atoms with E-state index in [0.29, 0.717) is 6.61 Å². The molecule has 2 rings (SSSR count). The van der Waals surface area contributed by atoms with Gasteiger partial charge in [-0.15, -0.1) is 0 Å². The zero-order chi connectivity index (χ0) is 14.8. The molecule has 0 aliphatic heterocycles. The number of aliphatic hydroxyl groups is 1. The van der Waals surface area contributed by atoms with Crippen molar-refractivity contribution in [1.29, 1.82) is 0 Å². The lowest BCUT2D eigenvalue weighted by molar-refractivity contribution is 0.115. The van der Waals surface area contributed by atoms with Gasteiger partial charge in [-0.05, 0) is 49.1 Å². The zero-order valence-electron chi connectivity index (χ0n) is 12.2. The van der Waals surface area contributed by atoms with E-state index in [9.17, 15) is 0 Å². The first kappa shape index (κ1) is 15.5. The molecule has 0 saturated carbocycles. The molecule has 0 aromatic heterocycles. The van der Waals surface area contributed by atoms with E-state index in [-0.39, 0.29) is 6.61 Å². The SMILES string of the molecule is OCCCCCOCc1ccc(Oc2ccccc2)cc1. The molecule has 3 nitrogen and oxygen atoms in total. The molecule has 2 aromatic rings. The average Bonchev–Trinajstić information content (AvgIpc) is 2.53. The minimum Gasteiger partial charge on any atom is -0.457 e. The van der Waals surface area contributed by atoms with Gasteiger partial charge < -0.3 is 14.6 Å². The molecule has 0 amide bonds. The molecule has 21 heavy (non-hydrogen) atoms. The van der Waals surface area contributed by atoms with Crippen molar-refractivity contribution in [2.45, 2.75) is 25.9 Å². The second kappa shape index (κ2) is 9.16. The number of para-hydroxylation sites is 1. The van der Waals surface area contributed by atoms with E-state index in [1.807, 2.05) is 54.6 Å². The van der Waals surface area contributed by atoms with Crippen molar-refractivity contribution in [2.75, 3.05) is 13.2 Å². The molecular formula is C18H22O3. The van der Waals surface area contributed by atoms with Crippen molar-refractivity contribution in [3.8, 4) is 11.5 Å². The number of aliphatic hydroxyl groups excluding tert-OH is 1. The maximum Gasteiger partial charge on any atom is 0.127 e. The summed E-state index contributed by atoms with van der Waals surface area (Å²) in [4.78, 5) is 0. The molecule has 0 spiro atoms. The summed E-state index contributed by atoms with van der Waals surface area (Å²) >= 11 is 0. The van der Waals surface area contributed by atoms with Crippen LogP contribution in [0.15, 0.2) is 54.6 Å². The molecule has 2 aromatic carbocycles. The minimum atomic E-state index is 0.267. The average molecular weight is 286 g/mol. The smallest absolute Gasteiger partial charge is 0.127 e. The predicted octanol–water partition coefficient (Wildman–Crippen LogP) is 4.16. The van der Waals surface area contributed by atoms with Crippen molar-refractivity contribution in [3.05, 3.63) is 60.2 Å². The van der Waals surface area contributed by atoms with Crippen LogP contribution in [-0.4, -0.2) is 18.3 Å². The minimum absolute atomic E-state index is 0.267. The molecule has 0 saturated heterocycles. The first-order chi connectivity index (χ1) is 10.4. The molecule has 0 heterocycles. The summed E-state index contributed by atoms with van der Waals surface area (Å²) in [5.41, 5.74) is 1.14.